The highest BCUT2D eigenvalue weighted by molar-refractivity contribution is 4.57. The van der Waals surface area contributed by atoms with Gasteiger partial charge in [-0.3, -0.25) is 0 Å². The molecule has 4 N–H and O–H groups in total. The van der Waals surface area contributed by atoms with E-state index in [-0.39, 0.29) is 0 Å². The molecule has 0 spiro atoms. The Bertz CT molecular complexity index is 66.6. The zero-order valence-electron chi connectivity index (χ0n) is 5.56. The van der Waals surface area contributed by atoms with Crippen molar-refractivity contribution in [3.63, 3.8) is 0 Å². The highest BCUT2D eigenvalue weighted by Gasteiger charge is 2.05. The Hall–Kier alpha value is -0.160. The molecule has 4 nitrogen and oxygen atoms in total. The largest absolute Gasteiger partial charge is 0.329 e. The van der Waals surface area contributed by atoms with Crippen LogP contribution in [0.3, 0.4) is 0 Å². The lowest BCUT2D eigenvalue weighted by molar-refractivity contribution is 0.121. The lowest BCUT2D eigenvalue weighted by atomic mass is 10.4. The van der Waals surface area contributed by atoms with Gasteiger partial charge in [0.25, 0.3) is 0 Å². The Labute approximate surface area is 55.3 Å². The molecule has 1 fully saturated rings. The SMILES string of the molecule is NCCN1CCCNN1. The number of hydrogen-bond acceptors (Lipinski definition) is 4. The number of nitrogens with zero attached hydrogens (tertiary/aromatic N) is 1. The minimum Gasteiger partial charge on any atom is -0.329 e. The minimum atomic E-state index is 0.717. The quantitative estimate of drug-likeness (QED) is 0.433. The van der Waals surface area contributed by atoms with E-state index in [1.165, 1.54) is 6.42 Å². The van der Waals surface area contributed by atoms with Gasteiger partial charge in [-0.25, -0.2) is 10.4 Å². The maximum Gasteiger partial charge on any atom is 0.0267 e. The van der Waals surface area contributed by atoms with Crippen LogP contribution < -0.4 is 16.7 Å². The van der Waals surface area contributed by atoms with Gasteiger partial charge in [-0.1, -0.05) is 0 Å². The van der Waals surface area contributed by atoms with E-state index in [1.54, 1.807) is 0 Å². The molecule has 1 aliphatic rings. The minimum absolute atomic E-state index is 0.717. The van der Waals surface area contributed by atoms with E-state index >= 15 is 0 Å². The Morgan fingerprint density at radius 1 is 1.56 bits per heavy atom. The summed E-state index contributed by atoms with van der Waals surface area (Å²) < 4.78 is 0. The zero-order chi connectivity index (χ0) is 6.53. The van der Waals surface area contributed by atoms with Gasteiger partial charge >= 0.3 is 0 Å². The summed E-state index contributed by atoms with van der Waals surface area (Å²) in [5, 5.41) is 2.09. The van der Waals surface area contributed by atoms with Gasteiger partial charge in [0.15, 0.2) is 0 Å². The first-order valence-electron chi connectivity index (χ1n) is 3.37. The Balaban J connectivity index is 2.08. The van der Waals surface area contributed by atoms with Gasteiger partial charge in [0.1, 0.15) is 0 Å². The van der Waals surface area contributed by atoms with E-state index in [9.17, 15) is 0 Å². The fraction of sp³-hybridized carbons (Fsp3) is 1.00. The van der Waals surface area contributed by atoms with E-state index < -0.39 is 0 Å². The molecular formula is C5H14N4. The lowest BCUT2D eigenvalue weighted by Crippen LogP contribution is -2.53. The molecule has 0 bridgehead atoms. The molecule has 1 heterocycles. The molecule has 0 amide bonds. The van der Waals surface area contributed by atoms with Crippen molar-refractivity contribution in [3.8, 4) is 0 Å². The van der Waals surface area contributed by atoms with Crippen LogP contribution in [0.15, 0.2) is 0 Å². The predicted octanol–water partition coefficient (Wildman–Crippen LogP) is -1.34. The molecule has 0 aromatic rings. The maximum atomic E-state index is 5.35. The van der Waals surface area contributed by atoms with Gasteiger partial charge in [0.2, 0.25) is 0 Å². The predicted molar refractivity (Wildman–Crippen MR) is 36.4 cm³/mol. The molecule has 0 atom stereocenters. The second-order valence-corrected chi connectivity index (χ2v) is 2.17. The first-order chi connectivity index (χ1) is 4.43. The average Bonchev–Trinajstić information content (AvgIpc) is 1.91. The van der Waals surface area contributed by atoms with Crippen molar-refractivity contribution in [2.75, 3.05) is 26.2 Å². The number of hydrazine groups is 2. The maximum absolute atomic E-state index is 5.35. The fourth-order valence-corrected chi connectivity index (χ4v) is 0.905. The smallest absolute Gasteiger partial charge is 0.0267 e. The fourth-order valence-electron chi connectivity index (χ4n) is 0.905. The van der Waals surface area contributed by atoms with E-state index in [1.807, 2.05) is 0 Å². The molecule has 1 aliphatic heterocycles. The molecule has 1 saturated heterocycles. The molecule has 9 heavy (non-hydrogen) atoms. The number of nitrogens with two attached hydrogens (primary N) is 1. The molecule has 0 aromatic heterocycles. The molecule has 0 saturated carbocycles. The number of hydrogen-bond donors (Lipinski definition) is 3. The summed E-state index contributed by atoms with van der Waals surface area (Å²) in [6.45, 7) is 3.80. The van der Waals surface area contributed by atoms with Crippen LogP contribution in [-0.4, -0.2) is 31.2 Å². The summed E-state index contributed by atoms with van der Waals surface area (Å²) in [5.41, 5.74) is 11.4. The van der Waals surface area contributed by atoms with Gasteiger partial charge in [0, 0.05) is 26.2 Å². The first-order valence-corrected chi connectivity index (χ1v) is 3.37. The van der Waals surface area contributed by atoms with Crippen molar-refractivity contribution in [2.24, 2.45) is 5.73 Å². The van der Waals surface area contributed by atoms with Crippen molar-refractivity contribution in [1.29, 1.82) is 0 Å². The van der Waals surface area contributed by atoms with Crippen LogP contribution >= 0.6 is 0 Å². The Morgan fingerprint density at radius 3 is 3.00 bits per heavy atom. The first kappa shape index (κ1) is 6.95. The summed E-state index contributed by atoms with van der Waals surface area (Å²) in [6.07, 6.45) is 1.20. The van der Waals surface area contributed by atoms with Crippen molar-refractivity contribution in [3.05, 3.63) is 0 Å². The van der Waals surface area contributed by atoms with E-state index in [0.29, 0.717) is 6.54 Å². The molecule has 54 valence electrons. The van der Waals surface area contributed by atoms with Crippen LogP contribution in [0.1, 0.15) is 6.42 Å². The summed E-state index contributed by atoms with van der Waals surface area (Å²) in [6, 6.07) is 0. The van der Waals surface area contributed by atoms with Crippen molar-refractivity contribution < 1.29 is 0 Å². The third-order valence-corrected chi connectivity index (χ3v) is 1.37. The summed E-state index contributed by atoms with van der Waals surface area (Å²) in [7, 11) is 0. The van der Waals surface area contributed by atoms with Crippen LogP contribution in [0.5, 0.6) is 0 Å². The normalized spacial score (nSPS) is 22.3. The second kappa shape index (κ2) is 3.79. The molecular weight excluding hydrogens is 116 g/mol. The van der Waals surface area contributed by atoms with Gasteiger partial charge in [-0.2, -0.15) is 5.53 Å². The highest BCUT2D eigenvalue weighted by atomic mass is 15.7. The van der Waals surface area contributed by atoms with Crippen molar-refractivity contribution in [2.45, 2.75) is 6.42 Å². The van der Waals surface area contributed by atoms with E-state index in [2.05, 4.69) is 16.0 Å². The molecule has 4 heteroatoms. The van der Waals surface area contributed by atoms with Crippen LogP contribution in [0.2, 0.25) is 0 Å². The van der Waals surface area contributed by atoms with Crippen molar-refractivity contribution >= 4 is 0 Å². The van der Waals surface area contributed by atoms with Crippen molar-refractivity contribution in [1.82, 2.24) is 16.0 Å². The number of rotatable bonds is 2. The third-order valence-electron chi connectivity index (χ3n) is 1.37. The van der Waals surface area contributed by atoms with E-state index in [4.69, 9.17) is 5.73 Å². The van der Waals surface area contributed by atoms with Crippen LogP contribution in [-0.2, 0) is 0 Å². The topological polar surface area (TPSA) is 53.3 Å². The summed E-state index contributed by atoms with van der Waals surface area (Å²) in [4.78, 5) is 0. The van der Waals surface area contributed by atoms with Crippen LogP contribution in [0.25, 0.3) is 0 Å². The average molecular weight is 130 g/mol. The monoisotopic (exact) mass is 130 g/mol. The third kappa shape index (κ3) is 2.28. The Morgan fingerprint density at radius 2 is 2.44 bits per heavy atom. The molecule has 0 radical (unpaired) electrons. The standard InChI is InChI=1S/C5H14N4/c6-2-5-9-4-1-3-7-8-9/h7-8H,1-6H2. The molecule has 0 aromatic carbocycles. The second-order valence-electron chi connectivity index (χ2n) is 2.17. The van der Waals surface area contributed by atoms with Crippen LogP contribution in [0, 0.1) is 0 Å². The Kier molecular flexibility index (Phi) is 2.93. The van der Waals surface area contributed by atoms with Gasteiger partial charge in [0.05, 0.1) is 0 Å². The van der Waals surface area contributed by atoms with Crippen LogP contribution in [0.4, 0.5) is 0 Å². The van der Waals surface area contributed by atoms with E-state index in [0.717, 1.165) is 19.6 Å². The highest BCUT2D eigenvalue weighted by Crippen LogP contribution is 1.87. The molecule has 0 unspecified atom stereocenters. The van der Waals surface area contributed by atoms with Gasteiger partial charge in [-0.05, 0) is 6.42 Å². The molecule has 0 aliphatic carbocycles. The number of nitrogens with one attached hydrogen (secondary N) is 2. The molecule has 1 rings (SSSR count). The summed E-state index contributed by atoms with van der Waals surface area (Å²) in [5.74, 6) is 0. The van der Waals surface area contributed by atoms with Gasteiger partial charge < -0.3 is 5.73 Å². The van der Waals surface area contributed by atoms with Gasteiger partial charge in [-0.15, -0.1) is 0 Å². The summed E-state index contributed by atoms with van der Waals surface area (Å²) >= 11 is 0. The zero-order valence-corrected chi connectivity index (χ0v) is 5.56. The lowest BCUT2D eigenvalue weighted by Gasteiger charge is -2.27.